The smallest absolute Gasteiger partial charge is 0.323 e. The van der Waals surface area contributed by atoms with Crippen LogP contribution >= 0.6 is 0 Å². The highest BCUT2D eigenvalue weighted by Gasteiger charge is 2.16. The average molecular weight is 415 g/mol. The number of aliphatic hydroxyl groups excluding tert-OH is 2. The molecule has 4 atom stereocenters. The van der Waals surface area contributed by atoms with E-state index in [1.165, 1.54) is 6.92 Å². The maximum absolute atomic E-state index is 10.1. The van der Waals surface area contributed by atoms with Gasteiger partial charge in [0, 0.05) is 6.54 Å². The van der Waals surface area contributed by atoms with Crippen LogP contribution in [-0.2, 0) is 14.4 Å². The first-order valence-electron chi connectivity index (χ1n) is 8.63. The van der Waals surface area contributed by atoms with Crippen LogP contribution in [-0.4, -0.2) is 80.8 Å². The zero-order valence-electron chi connectivity index (χ0n) is 17.0. The molecule has 0 spiro atoms. The summed E-state index contributed by atoms with van der Waals surface area (Å²) in [7, 11) is 0. The van der Waals surface area contributed by atoms with E-state index in [-0.39, 0.29) is 6.61 Å². The predicted molar refractivity (Wildman–Crippen MR) is 104 cm³/mol. The van der Waals surface area contributed by atoms with Gasteiger partial charge in [0.1, 0.15) is 18.1 Å². The van der Waals surface area contributed by atoms with E-state index in [2.05, 4.69) is 0 Å². The van der Waals surface area contributed by atoms with Gasteiger partial charge in [0.15, 0.2) is 0 Å². The molecule has 0 aromatic heterocycles. The van der Waals surface area contributed by atoms with Gasteiger partial charge < -0.3 is 48.5 Å². The van der Waals surface area contributed by atoms with Gasteiger partial charge in [-0.3, -0.25) is 14.4 Å². The van der Waals surface area contributed by atoms with Crippen LogP contribution in [0.3, 0.4) is 0 Å². The van der Waals surface area contributed by atoms with Crippen molar-refractivity contribution in [2.75, 3.05) is 13.2 Å². The maximum atomic E-state index is 10.1. The SMILES string of the molecule is CC(C)CC(N)C(=O)O.CC(O)C(N)C(=O)O.CCC(N)C(=O)O.NCCO. The normalized spacial score (nSPS) is 13.8. The molecule has 170 valence electrons. The molecule has 0 radical (unpaired) electrons. The van der Waals surface area contributed by atoms with Crippen LogP contribution in [0, 0.1) is 5.92 Å². The molecule has 0 rings (SSSR count). The second kappa shape index (κ2) is 21.5. The summed E-state index contributed by atoms with van der Waals surface area (Å²) in [6.07, 6.45) is 0.0671. The highest BCUT2D eigenvalue weighted by Crippen LogP contribution is 2.01. The molecule has 0 heterocycles. The van der Waals surface area contributed by atoms with E-state index in [1.807, 2.05) is 13.8 Å². The Hall–Kier alpha value is -1.83. The Bertz CT molecular complexity index is 406. The van der Waals surface area contributed by atoms with E-state index < -0.39 is 42.1 Å². The fourth-order valence-electron chi connectivity index (χ4n) is 0.990. The predicted octanol–water partition coefficient (Wildman–Crippen LogP) is -2.03. The van der Waals surface area contributed by atoms with Crippen LogP contribution in [0.1, 0.15) is 40.5 Å². The average Bonchev–Trinajstić information content (AvgIpc) is 2.60. The molecule has 0 aromatic carbocycles. The Morgan fingerprint density at radius 2 is 1.21 bits per heavy atom. The van der Waals surface area contributed by atoms with Crippen molar-refractivity contribution in [2.45, 2.75) is 64.8 Å². The lowest BCUT2D eigenvalue weighted by atomic mass is 10.1. The lowest BCUT2D eigenvalue weighted by Gasteiger charge is -2.07. The minimum absolute atomic E-state index is 0.0972. The number of aliphatic carboxylic acids is 3. The summed E-state index contributed by atoms with van der Waals surface area (Å²) < 4.78 is 0. The van der Waals surface area contributed by atoms with Crippen LogP contribution in [0.5, 0.6) is 0 Å². The summed E-state index contributed by atoms with van der Waals surface area (Å²) in [5.74, 6) is -2.66. The van der Waals surface area contributed by atoms with Crippen molar-refractivity contribution in [3.63, 3.8) is 0 Å². The van der Waals surface area contributed by atoms with Crippen molar-refractivity contribution >= 4 is 17.9 Å². The molecular weight excluding hydrogens is 376 g/mol. The summed E-state index contributed by atoms with van der Waals surface area (Å²) in [6, 6.07) is -2.53. The largest absolute Gasteiger partial charge is 0.480 e. The summed E-state index contributed by atoms with van der Waals surface area (Å²) in [5, 5.41) is 40.7. The van der Waals surface area contributed by atoms with Gasteiger partial charge >= 0.3 is 17.9 Å². The molecule has 0 bridgehead atoms. The van der Waals surface area contributed by atoms with Gasteiger partial charge in [-0.1, -0.05) is 20.8 Å². The van der Waals surface area contributed by atoms with Gasteiger partial charge in [-0.05, 0) is 25.7 Å². The van der Waals surface area contributed by atoms with Crippen LogP contribution in [0.2, 0.25) is 0 Å². The number of aliphatic hydroxyl groups is 2. The van der Waals surface area contributed by atoms with Crippen LogP contribution in [0.4, 0.5) is 0 Å². The number of carboxylic acids is 3. The molecule has 0 aromatic rings. The summed E-state index contributed by atoms with van der Waals surface area (Å²) >= 11 is 0. The van der Waals surface area contributed by atoms with Crippen molar-refractivity contribution in [2.24, 2.45) is 28.9 Å². The number of rotatable bonds is 8. The monoisotopic (exact) mass is 414 g/mol. The third kappa shape index (κ3) is 29.0. The van der Waals surface area contributed by atoms with Gasteiger partial charge in [0.25, 0.3) is 0 Å². The Kier molecular flexibility index (Phi) is 25.9. The zero-order valence-corrected chi connectivity index (χ0v) is 17.0. The molecule has 4 unspecified atom stereocenters. The minimum Gasteiger partial charge on any atom is -0.480 e. The molecule has 13 N–H and O–H groups in total. The first-order chi connectivity index (χ1) is 12.7. The molecule has 0 aliphatic carbocycles. The van der Waals surface area contributed by atoms with Gasteiger partial charge in [-0.15, -0.1) is 0 Å². The lowest BCUT2D eigenvalue weighted by Crippen LogP contribution is -2.39. The standard InChI is InChI=1S/C6H13NO2.C4H9NO3.C4H9NO2.C2H7NO/c1-4(2)3-5(7)6(8)9;1-2(6)3(5)4(7)8;1-2-3(5)4(6)7;3-1-2-4/h4-5H,3,7H2,1-2H3,(H,8,9);2-3,6H,5H2,1H3,(H,7,8);3H,2,5H2,1H3,(H,6,7);4H,1-3H2. The minimum atomic E-state index is -1.18. The summed E-state index contributed by atoms with van der Waals surface area (Å²) in [6.45, 7) is 7.43. The van der Waals surface area contributed by atoms with E-state index in [1.54, 1.807) is 6.92 Å². The molecule has 0 aliphatic heterocycles. The number of nitrogens with two attached hydrogens (primary N) is 4. The molecule has 0 aliphatic rings. The van der Waals surface area contributed by atoms with Crippen molar-refractivity contribution in [3.05, 3.63) is 0 Å². The van der Waals surface area contributed by atoms with E-state index in [4.69, 9.17) is 48.5 Å². The summed E-state index contributed by atoms with van der Waals surface area (Å²) in [4.78, 5) is 29.8. The third-order valence-electron chi connectivity index (χ3n) is 2.73. The van der Waals surface area contributed by atoms with Gasteiger partial charge in [0.05, 0.1) is 12.7 Å². The van der Waals surface area contributed by atoms with Crippen LogP contribution < -0.4 is 22.9 Å². The quantitative estimate of drug-likeness (QED) is 0.208. The van der Waals surface area contributed by atoms with Crippen LogP contribution in [0.25, 0.3) is 0 Å². The number of carboxylic acid groups (broad SMARTS) is 3. The van der Waals surface area contributed by atoms with Gasteiger partial charge in [-0.2, -0.15) is 0 Å². The second-order valence-corrected chi connectivity index (χ2v) is 6.04. The molecular formula is C16H38N4O8. The highest BCUT2D eigenvalue weighted by atomic mass is 16.4. The molecule has 12 heteroatoms. The zero-order chi connectivity index (χ0) is 23.4. The fraction of sp³-hybridized carbons (Fsp3) is 0.812. The van der Waals surface area contributed by atoms with Crippen LogP contribution in [0.15, 0.2) is 0 Å². The van der Waals surface area contributed by atoms with Gasteiger partial charge in [-0.25, -0.2) is 0 Å². The second-order valence-electron chi connectivity index (χ2n) is 6.04. The van der Waals surface area contributed by atoms with E-state index >= 15 is 0 Å². The highest BCUT2D eigenvalue weighted by molar-refractivity contribution is 5.74. The number of hydrogen-bond donors (Lipinski definition) is 9. The molecule has 12 nitrogen and oxygen atoms in total. The molecule has 0 amide bonds. The Balaban J connectivity index is -0.000000142. The molecule has 0 saturated carbocycles. The lowest BCUT2D eigenvalue weighted by molar-refractivity contribution is -0.141. The number of carbonyl (C=O) groups is 3. The Labute approximate surface area is 165 Å². The van der Waals surface area contributed by atoms with Crippen molar-refractivity contribution in [3.8, 4) is 0 Å². The molecule has 0 saturated heterocycles. The third-order valence-corrected chi connectivity index (χ3v) is 2.73. The number of hydrogen-bond acceptors (Lipinski definition) is 9. The van der Waals surface area contributed by atoms with Crippen molar-refractivity contribution in [1.29, 1.82) is 0 Å². The van der Waals surface area contributed by atoms with Crippen molar-refractivity contribution in [1.82, 2.24) is 0 Å². The molecule has 0 fully saturated rings. The first kappa shape index (κ1) is 33.7. The Morgan fingerprint density at radius 1 is 0.857 bits per heavy atom. The van der Waals surface area contributed by atoms with Crippen molar-refractivity contribution < 1.29 is 39.9 Å². The molecule has 28 heavy (non-hydrogen) atoms. The van der Waals surface area contributed by atoms with E-state index in [0.29, 0.717) is 25.3 Å². The first-order valence-corrected chi connectivity index (χ1v) is 8.63. The summed E-state index contributed by atoms with van der Waals surface area (Å²) in [5.41, 5.74) is 19.9. The fourth-order valence-corrected chi connectivity index (χ4v) is 0.990. The Morgan fingerprint density at radius 3 is 1.25 bits per heavy atom. The van der Waals surface area contributed by atoms with E-state index in [0.717, 1.165) is 0 Å². The van der Waals surface area contributed by atoms with E-state index in [9.17, 15) is 14.4 Å². The maximum Gasteiger partial charge on any atom is 0.323 e. The topological polar surface area (TPSA) is 256 Å². The van der Waals surface area contributed by atoms with Gasteiger partial charge in [0.2, 0.25) is 0 Å².